The number of nitrogens with two attached hydrogens (primary N) is 1. The van der Waals surface area contributed by atoms with Crippen molar-refractivity contribution in [2.45, 2.75) is 6.04 Å². The summed E-state index contributed by atoms with van der Waals surface area (Å²) in [5, 5.41) is 0.933. The molecule has 0 aliphatic heterocycles. The van der Waals surface area contributed by atoms with Crippen LogP contribution in [0.25, 0.3) is 10.9 Å². The van der Waals surface area contributed by atoms with E-state index in [0.717, 1.165) is 16.5 Å². The lowest BCUT2D eigenvalue weighted by molar-refractivity contribution is 0.410. The van der Waals surface area contributed by atoms with E-state index in [-0.39, 0.29) is 5.82 Å². The molecule has 0 saturated heterocycles. The molecule has 0 saturated carbocycles. The smallest absolute Gasteiger partial charge is 0.132 e. The van der Waals surface area contributed by atoms with Crippen molar-refractivity contribution in [3.05, 3.63) is 71.7 Å². The first-order valence-electron chi connectivity index (χ1n) is 6.63. The molecule has 0 aliphatic rings. The minimum Gasteiger partial charge on any atom is -0.497 e. The SMILES string of the molecule is COc1ccc(C(N)c2cccc3ncccc23)c(F)c1. The van der Waals surface area contributed by atoms with Crippen molar-refractivity contribution < 1.29 is 9.13 Å². The van der Waals surface area contributed by atoms with Gasteiger partial charge in [0.1, 0.15) is 11.6 Å². The second-order valence-electron chi connectivity index (χ2n) is 4.78. The number of nitrogens with zero attached hydrogens (tertiary/aromatic N) is 1. The summed E-state index contributed by atoms with van der Waals surface area (Å²) in [7, 11) is 1.50. The van der Waals surface area contributed by atoms with Crippen molar-refractivity contribution in [3.63, 3.8) is 0 Å². The second kappa shape index (κ2) is 5.50. The summed E-state index contributed by atoms with van der Waals surface area (Å²) in [6, 6.07) is 13.7. The van der Waals surface area contributed by atoms with Crippen molar-refractivity contribution in [1.82, 2.24) is 4.98 Å². The topological polar surface area (TPSA) is 48.1 Å². The van der Waals surface area contributed by atoms with Gasteiger partial charge in [-0.15, -0.1) is 0 Å². The molecule has 1 heterocycles. The Morgan fingerprint density at radius 2 is 1.95 bits per heavy atom. The molecule has 1 aromatic heterocycles. The number of benzene rings is 2. The van der Waals surface area contributed by atoms with Crippen molar-refractivity contribution in [3.8, 4) is 5.75 Å². The monoisotopic (exact) mass is 282 g/mol. The van der Waals surface area contributed by atoms with E-state index in [1.807, 2.05) is 30.3 Å². The predicted molar refractivity (Wildman–Crippen MR) is 80.7 cm³/mol. The molecule has 0 aliphatic carbocycles. The van der Waals surface area contributed by atoms with Gasteiger partial charge in [-0.05, 0) is 23.8 Å². The molecule has 21 heavy (non-hydrogen) atoms. The number of hydrogen-bond donors (Lipinski definition) is 1. The maximum absolute atomic E-state index is 14.2. The van der Waals surface area contributed by atoms with E-state index in [9.17, 15) is 4.39 Å². The van der Waals surface area contributed by atoms with Crippen LogP contribution in [0.1, 0.15) is 17.2 Å². The maximum Gasteiger partial charge on any atom is 0.132 e. The lowest BCUT2D eigenvalue weighted by Gasteiger charge is -2.16. The normalized spacial score (nSPS) is 12.3. The zero-order valence-corrected chi connectivity index (χ0v) is 11.6. The lowest BCUT2D eigenvalue weighted by Crippen LogP contribution is -2.14. The van der Waals surface area contributed by atoms with Crippen molar-refractivity contribution in [2.75, 3.05) is 7.11 Å². The van der Waals surface area contributed by atoms with E-state index >= 15 is 0 Å². The Hall–Kier alpha value is -2.46. The maximum atomic E-state index is 14.2. The number of fused-ring (bicyclic) bond motifs is 1. The quantitative estimate of drug-likeness (QED) is 0.800. The highest BCUT2D eigenvalue weighted by Crippen LogP contribution is 2.29. The molecule has 0 amide bonds. The Balaban J connectivity index is 2.10. The Morgan fingerprint density at radius 1 is 1.10 bits per heavy atom. The van der Waals surface area contributed by atoms with Gasteiger partial charge in [0.25, 0.3) is 0 Å². The predicted octanol–water partition coefficient (Wildman–Crippen LogP) is 3.43. The first kappa shape index (κ1) is 13.5. The van der Waals surface area contributed by atoms with Crippen LogP contribution in [0.15, 0.2) is 54.7 Å². The molecular formula is C17H15FN2O. The van der Waals surface area contributed by atoms with Crippen LogP contribution in [0.2, 0.25) is 0 Å². The van der Waals surface area contributed by atoms with E-state index in [1.165, 1.54) is 13.2 Å². The Bertz CT molecular complexity index is 783. The van der Waals surface area contributed by atoms with Crippen LogP contribution in [-0.4, -0.2) is 12.1 Å². The van der Waals surface area contributed by atoms with Crippen LogP contribution < -0.4 is 10.5 Å². The zero-order valence-electron chi connectivity index (χ0n) is 11.6. The van der Waals surface area contributed by atoms with E-state index in [1.54, 1.807) is 18.3 Å². The van der Waals surface area contributed by atoms with Crippen LogP contribution >= 0.6 is 0 Å². The number of methoxy groups -OCH3 is 1. The summed E-state index contributed by atoms with van der Waals surface area (Å²) >= 11 is 0. The third-order valence-corrected chi connectivity index (χ3v) is 3.56. The van der Waals surface area contributed by atoms with Gasteiger partial charge in [0, 0.05) is 23.2 Å². The number of hydrogen-bond acceptors (Lipinski definition) is 3. The molecular weight excluding hydrogens is 267 g/mol. The highest BCUT2D eigenvalue weighted by Gasteiger charge is 2.16. The van der Waals surface area contributed by atoms with E-state index < -0.39 is 6.04 Å². The number of aromatic nitrogens is 1. The molecule has 3 nitrogen and oxygen atoms in total. The fraction of sp³-hybridized carbons (Fsp3) is 0.118. The van der Waals surface area contributed by atoms with Crippen molar-refractivity contribution in [1.29, 1.82) is 0 Å². The van der Waals surface area contributed by atoms with Crippen LogP contribution in [0.5, 0.6) is 5.75 Å². The molecule has 1 atom stereocenters. The number of rotatable bonds is 3. The molecule has 3 rings (SSSR count). The van der Waals surface area contributed by atoms with Gasteiger partial charge in [-0.3, -0.25) is 4.98 Å². The van der Waals surface area contributed by atoms with E-state index in [0.29, 0.717) is 11.3 Å². The first-order chi connectivity index (χ1) is 10.2. The van der Waals surface area contributed by atoms with Crippen molar-refractivity contribution >= 4 is 10.9 Å². The standard InChI is InChI=1S/C17H15FN2O/c1-21-11-7-8-14(15(18)10-11)17(19)13-4-2-6-16-12(13)5-3-9-20-16/h2-10,17H,19H2,1H3. The summed E-state index contributed by atoms with van der Waals surface area (Å²) in [5.74, 6) is 0.103. The summed E-state index contributed by atoms with van der Waals surface area (Å²) in [4.78, 5) is 4.30. The molecule has 2 N–H and O–H groups in total. The molecule has 0 bridgehead atoms. The van der Waals surface area contributed by atoms with Gasteiger partial charge in [0.15, 0.2) is 0 Å². The molecule has 3 aromatic rings. The Kier molecular flexibility index (Phi) is 3.54. The second-order valence-corrected chi connectivity index (χ2v) is 4.78. The zero-order chi connectivity index (χ0) is 14.8. The first-order valence-corrected chi connectivity index (χ1v) is 6.63. The Labute approximate surface area is 122 Å². The summed E-state index contributed by atoms with van der Waals surface area (Å²) in [6.45, 7) is 0. The van der Waals surface area contributed by atoms with Gasteiger partial charge in [-0.2, -0.15) is 0 Å². The average Bonchev–Trinajstić information content (AvgIpc) is 2.53. The average molecular weight is 282 g/mol. The van der Waals surface area contributed by atoms with Crippen LogP contribution in [-0.2, 0) is 0 Å². The molecule has 106 valence electrons. The molecule has 0 radical (unpaired) electrons. The van der Waals surface area contributed by atoms with E-state index in [4.69, 9.17) is 10.5 Å². The minimum absolute atomic E-state index is 0.372. The summed E-state index contributed by atoms with van der Waals surface area (Å²) in [6.07, 6.45) is 1.73. The van der Waals surface area contributed by atoms with Gasteiger partial charge < -0.3 is 10.5 Å². The van der Waals surface area contributed by atoms with Gasteiger partial charge in [-0.25, -0.2) is 4.39 Å². The number of pyridine rings is 1. The molecule has 4 heteroatoms. The van der Waals surface area contributed by atoms with Crippen molar-refractivity contribution in [2.24, 2.45) is 5.73 Å². The highest BCUT2D eigenvalue weighted by atomic mass is 19.1. The van der Waals surface area contributed by atoms with Gasteiger partial charge in [0.05, 0.1) is 18.7 Å². The summed E-state index contributed by atoms with van der Waals surface area (Å²) < 4.78 is 19.2. The van der Waals surface area contributed by atoms with Crippen LogP contribution in [0.3, 0.4) is 0 Å². The highest BCUT2D eigenvalue weighted by molar-refractivity contribution is 5.82. The third kappa shape index (κ3) is 2.45. The fourth-order valence-electron chi connectivity index (χ4n) is 2.45. The molecule has 1 unspecified atom stereocenters. The third-order valence-electron chi connectivity index (χ3n) is 3.56. The van der Waals surface area contributed by atoms with Gasteiger partial charge in [0.2, 0.25) is 0 Å². The Morgan fingerprint density at radius 3 is 2.71 bits per heavy atom. The lowest BCUT2D eigenvalue weighted by atomic mass is 9.95. The van der Waals surface area contributed by atoms with Crippen LogP contribution in [0, 0.1) is 5.82 Å². The molecule has 0 fully saturated rings. The number of halogens is 1. The minimum atomic E-state index is -0.552. The van der Waals surface area contributed by atoms with E-state index in [2.05, 4.69) is 4.98 Å². The van der Waals surface area contributed by atoms with Gasteiger partial charge in [-0.1, -0.05) is 24.3 Å². The van der Waals surface area contributed by atoms with Crippen LogP contribution in [0.4, 0.5) is 4.39 Å². The molecule has 0 spiro atoms. The molecule has 2 aromatic carbocycles. The fourth-order valence-corrected chi connectivity index (χ4v) is 2.45. The summed E-state index contributed by atoms with van der Waals surface area (Å²) in [5.41, 5.74) is 8.40. The van der Waals surface area contributed by atoms with Gasteiger partial charge >= 0.3 is 0 Å². The largest absolute Gasteiger partial charge is 0.497 e. The number of ether oxygens (including phenoxy) is 1.